The molecule has 3 aliphatic carbocycles. The average molecular weight is 495 g/mol. The Kier molecular flexibility index (Phi) is 4.99. The molecule has 2 saturated heterocycles. The largest absolute Gasteiger partial charge is 0.509 e. The number of hydrogen-bond acceptors (Lipinski definition) is 8. The average Bonchev–Trinajstić information content (AvgIpc) is 3.02. The van der Waals surface area contributed by atoms with Gasteiger partial charge in [0.1, 0.15) is 11.7 Å². The second-order valence-electron chi connectivity index (χ2n) is 12.9. The molecule has 0 radical (unpaired) electrons. The molecule has 5 rings (SSSR count). The van der Waals surface area contributed by atoms with E-state index in [-0.39, 0.29) is 18.3 Å². The van der Waals surface area contributed by atoms with Gasteiger partial charge >= 0.3 is 6.16 Å². The third-order valence-electron chi connectivity index (χ3n) is 9.78. The Morgan fingerprint density at radius 1 is 1.15 bits per heavy atom. The smallest absolute Gasteiger partial charge is 0.426 e. The number of carbonyl (C=O) groups excluding carboxylic acids is 2. The second kappa shape index (κ2) is 6.94. The molecule has 5 aliphatic rings. The lowest BCUT2D eigenvalue weighted by Gasteiger charge is -2.66. The van der Waals surface area contributed by atoms with Crippen molar-refractivity contribution in [2.75, 3.05) is 6.61 Å². The van der Waals surface area contributed by atoms with E-state index < -0.39 is 66.8 Å². The van der Waals surface area contributed by atoms with Crippen LogP contribution in [-0.2, 0) is 23.4 Å². The molecule has 0 aromatic heterocycles. The van der Waals surface area contributed by atoms with E-state index in [9.17, 15) is 19.8 Å². The number of ether oxygens (including phenoxy) is 3. The van der Waals surface area contributed by atoms with Crippen LogP contribution < -0.4 is 0 Å². The molecule has 8 nitrogen and oxygen atoms in total. The number of Topliss-reactive ketones (excluding diaryl/α,β-unsaturated/α-hetero) is 1. The zero-order chi connectivity index (χ0) is 25.2. The highest BCUT2D eigenvalue weighted by Gasteiger charge is 2.78. The van der Waals surface area contributed by atoms with Crippen LogP contribution in [0.15, 0.2) is 11.1 Å². The van der Waals surface area contributed by atoms with Crippen molar-refractivity contribution in [3.05, 3.63) is 11.1 Å². The Labute approximate surface area is 202 Å². The summed E-state index contributed by atoms with van der Waals surface area (Å²) < 4.78 is 24.3. The van der Waals surface area contributed by atoms with Crippen molar-refractivity contribution >= 4 is 20.3 Å². The number of rotatable bonds is 2. The zero-order valence-corrected chi connectivity index (χ0v) is 22.4. The molecule has 0 aromatic rings. The monoisotopic (exact) mass is 494 g/mol. The lowest BCUT2D eigenvalue weighted by atomic mass is 9.43. The summed E-state index contributed by atoms with van der Waals surface area (Å²) in [6.07, 6.45) is -3.20. The maximum atomic E-state index is 14.2. The van der Waals surface area contributed by atoms with Crippen LogP contribution in [0.25, 0.3) is 0 Å². The summed E-state index contributed by atoms with van der Waals surface area (Å²) in [4.78, 5) is 27.1. The van der Waals surface area contributed by atoms with Crippen LogP contribution in [0.4, 0.5) is 4.79 Å². The minimum Gasteiger partial charge on any atom is -0.426 e. The Morgan fingerprint density at radius 2 is 1.79 bits per heavy atom. The van der Waals surface area contributed by atoms with E-state index >= 15 is 0 Å². The molecule has 0 unspecified atom stereocenters. The van der Waals surface area contributed by atoms with E-state index in [0.717, 1.165) is 5.57 Å². The fraction of sp³-hybridized carbons (Fsp3) is 0.840. The predicted octanol–water partition coefficient (Wildman–Crippen LogP) is 2.96. The van der Waals surface area contributed by atoms with Gasteiger partial charge in [0.2, 0.25) is 0 Å². The lowest BCUT2D eigenvalue weighted by Crippen LogP contribution is -2.79. The Hall–Kier alpha value is -1.26. The number of aliphatic hydroxyl groups is 2. The third kappa shape index (κ3) is 2.79. The summed E-state index contributed by atoms with van der Waals surface area (Å²) in [7, 11) is -2.05. The van der Waals surface area contributed by atoms with E-state index in [1.54, 1.807) is 6.92 Å². The van der Waals surface area contributed by atoms with Gasteiger partial charge in [-0.15, -0.1) is 0 Å². The van der Waals surface area contributed by atoms with Crippen LogP contribution >= 0.6 is 0 Å². The van der Waals surface area contributed by atoms with Gasteiger partial charge in [0.15, 0.2) is 25.8 Å². The number of hydrogen-bond donors (Lipinski definition) is 2. The van der Waals surface area contributed by atoms with Crippen molar-refractivity contribution in [1.82, 2.24) is 0 Å². The predicted molar refractivity (Wildman–Crippen MR) is 124 cm³/mol. The molecule has 9 heteroatoms. The van der Waals surface area contributed by atoms with E-state index in [0.29, 0.717) is 18.4 Å². The first-order valence-electron chi connectivity index (χ1n) is 12.4. The Morgan fingerprint density at radius 3 is 2.35 bits per heavy atom. The van der Waals surface area contributed by atoms with Gasteiger partial charge in [-0.25, -0.2) is 4.79 Å². The van der Waals surface area contributed by atoms with Crippen LogP contribution in [0.3, 0.4) is 0 Å². The number of carbonyl (C=O) groups is 2. The van der Waals surface area contributed by atoms with Crippen molar-refractivity contribution in [2.45, 2.75) is 103 Å². The van der Waals surface area contributed by atoms with Crippen LogP contribution in [0.1, 0.15) is 47.5 Å². The normalized spacial score (nSPS) is 49.6. The standard InChI is InChI=1S/C25H38O8Si/c1-12-9-15-24(29,11-30-15)18-20-25(32-21(28)31-20)10-14(33-34(6,7)8)13(2)16(22(25,3)4)17(26)19(27)23(12,18)5/h12,14-15,17-18,20,26,29H,9-11H2,1-8H3/t12-,14-,15+,17+,18-,20-,23+,24-,25+/m0/s1. The molecule has 0 amide bonds. The van der Waals surface area contributed by atoms with Gasteiger partial charge in [-0.3, -0.25) is 4.79 Å². The van der Waals surface area contributed by atoms with Crippen LogP contribution in [0, 0.1) is 22.7 Å². The highest BCUT2D eigenvalue weighted by molar-refractivity contribution is 6.69. The summed E-state index contributed by atoms with van der Waals surface area (Å²) in [6.45, 7) is 15.7. The van der Waals surface area contributed by atoms with Crippen molar-refractivity contribution in [3.8, 4) is 0 Å². The zero-order valence-electron chi connectivity index (χ0n) is 21.4. The van der Waals surface area contributed by atoms with Gasteiger partial charge in [0.05, 0.1) is 18.8 Å². The molecule has 2 heterocycles. The van der Waals surface area contributed by atoms with Crippen LogP contribution in [-0.4, -0.2) is 72.7 Å². The highest BCUT2D eigenvalue weighted by Crippen LogP contribution is 2.66. The molecule has 2 N–H and O–H groups in total. The lowest BCUT2D eigenvalue weighted by molar-refractivity contribution is -0.327. The summed E-state index contributed by atoms with van der Waals surface area (Å²) in [5.74, 6) is -1.35. The van der Waals surface area contributed by atoms with Gasteiger partial charge in [0.25, 0.3) is 0 Å². The van der Waals surface area contributed by atoms with Gasteiger partial charge in [-0.1, -0.05) is 27.7 Å². The maximum absolute atomic E-state index is 14.2. The van der Waals surface area contributed by atoms with E-state index in [4.69, 9.17) is 18.6 Å². The number of fused-ring (bicyclic) bond motifs is 5. The molecule has 9 atom stereocenters. The minimum absolute atomic E-state index is 0.0507. The topological polar surface area (TPSA) is 112 Å². The van der Waals surface area contributed by atoms with Crippen LogP contribution in [0.5, 0.6) is 0 Å². The Bertz CT molecular complexity index is 984. The van der Waals surface area contributed by atoms with Gasteiger partial charge in [-0.05, 0) is 50.0 Å². The van der Waals surface area contributed by atoms with Crippen LogP contribution in [0.2, 0.25) is 19.6 Å². The molecule has 4 fully saturated rings. The molecular formula is C25H38O8Si. The van der Waals surface area contributed by atoms with Gasteiger partial charge < -0.3 is 28.8 Å². The van der Waals surface area contributed by atoms with Crippen molar-refractivity contribution < 1.29 is 38.4 Å². The maximum Gasteiger partial charge on any atom is 0.509 e. The van der Waals surface area contributed by atoms with Crippen molar-refractivity contribution in [1.29, 1.82) is 0 Å². The van der Waals surface area contributed by atoms with Gasteiger partial charge in [-0.2, -0.15) is 0 Å². The molecule has 2 bridgehead atoms. The first kappa shape index (κ1) is 24.4. The molecule has 34 heavy (non-hydrogen) atoms. The van der Waals surface area contributed by atoms with E-state index in [1.807, 2.05) is 27.7 Å². The fourth-order valence-electron chi connectivity index (χ4n) is 7.82. The molecule has 2 aliphatic heterocycles. The first-order chi connectivity index (χ1) is 15.5. The van der Waals surface area contributed by atoms with E-state index in [2.05, 4.69) is 19.6 Å². The molecule has 2 saturated carbocycles. The Balaban J connectivity index is 1.80. The van der Waals surface area contributed by atoms with Gasteiger partial charge in [0, 0.05) is 23.2 Å². The van der Waals surface area contributed by atoms with Crippen molar-refractivity contribution in [2.24, 2.45) is 22.7 Å². The SMILES string of the molecule is CC1=C2[C@@H](O)C(=O)[C@@]3(C)[C@H]([C@@H]4OC(=O)O[C@@]4(C[C@@H]1O[Si](C)(C)C)C2(C)C)[C@]1(O)CO[C@@H]1C[C@@H]3C. The fourth-order valence-corrected chi connectivity index (χ4v) is 8.94. The summed E-state index contributed by atoms with van der Waals surface area (Å²) in [5.41, 5.74) is -3.30. The summed E-state index contributed by atoms with van der Waals surface area (Å²) in [5, 5.41) is 23.6. The number of aliphatic hydroxyl groups excluding tert-OH is 1. The molecule has 1 spiro atoms. The highest BCUT2D eigenvalue weighted by atomic mass is 28.4. The quantitative estimate of drug-likeness (QED) is 0.342. The first-order valence-corrected chi connectivity index (χ1v) is 15.8. The summed E-state index contributed by atoms with van der Waals surface area (Å²) >= 11 is 0. The van der Waals surface area contributed by atoms with E-state index in [1.165, 1.54) is 0 Å². The minimum atomic E-state index is -2.05. The van der Waals surface area contributed by atoms with Crippen molar-refractivity contribution in [3.63, 3.8) is 0 Å². The molecular weight excluding hydrogens is 456 g/mol. The number of ketones is 1. The molecule has 0 aromatic carbocycles. The molecule has 190 valence electrons. The second-order valence-corrected chi connectivity index (χ2v) is 17.3. The third-order valence-corrected chi connectivity index (χ3v) is 10.8. The summed E-state index contributed by atoms with van der Waals surface area (Å²) in [6, 6.07) is 0.